The lowest BCUT2D eigenvalue weighted by atomic mass is 10.0. The Bertz CT molecular complexity index is 836. The first-order chi connectivity index (χ1) is 12.0. The third-order valence-corrected chi connectivity index (χ3v) is 4.08. The van der Waals surface area contributed by atoms with E-state index in [2.05, 4.69) is 4.98 Å². The lowest BCUT2D eigenvalue weighted by molar-refractivity contribution is -0.138. The summed E-state index contributed by atoms with van der Waals surface area (Å²) in [5.74, 6) is 0.597. The van der Waals surface area contributed by atoms with E-state index in [0.29, 0.717) is 18.9 Å². The minimum atomic E-state index is -4.37. The first-order valence-corrected chi connectivity index (χ1v) is 7.90. The highest BCUT2D eigenvalue weighted by atomic mass is 19.4. The van der Waals surface area contributed by atoms with Crippen molar-refractivity contribution in [2.75, 3.05) is 0 Å². The Morgan fingerprint density at radius 1 is 0.960 bits per heavy atom. The van der Waals surface area contributed by atoms with Gasteiger partial charge in [-0.3, -0.25) is 0 Å². The zero-order valence-electron chi connectivity index (χ0n) is 13.5. The first-order valence-electron chi connectivity index (χ1n) is 7.90. The highest BCUT2D eigenvalue weighted by molar-refractivity contribution is 5.32. The van der Waals surface area contributed by atoms with Crippen molar-refractivity contribution in [1.29, 1.82) is 0 Å². The zero-order valence-corrected chi connectivity index (χ0v) is 13.5. The monoisotopic (exact) mass is 345 g/mol. The fourth-order valence-corrected chi connectivity index (χ4v) is 2.75. The Morgan fingerprint density at radius 2 is 1.64 bits per heavy atom. The Labute approximate surface area is 143 Å². The van der Waals surface area contributed by atoms with Crippen LogP contribution in [0.4, 0.5) is 13.2 Å². The smallest absolute Gasteiger partial charge is 0.330 e. The average Bonchev–Trinajstić information content (AvgIpc) is 3.02. The van der Waals surface area contributed by atoms with Crippen molar-refractivity contribution in [2.24, 2.45) is 5.73 Å². The van der Waals surface area contributed by atoms with Gasteiger partial charge in [0.25, 0.3) is 0 Å². The van der Waals surface area contributed by atoms with Crippen molar-refractivity contribution in [3.63, 3.8) is 0 Å². The summed E-state index contributed by atoms with van der Waals surface area (Å²) in [5.41, 5.74) is 7.28. The Morgan fingerprint density at radius 3 is 2.32 bits per heavy atom. The maximum absolute atomic E-state index is 13.2. The molecular weight excluding hydrogens is 327 g/mol. The summed E-state index contributed by atoms with van der Waals surface area (Å²) in [6, 6.07) is 13.5. The summed E-state index contributed by atoms with van der Waals surface area (Å²) in [7, 11) is 0. The molecule has 0 spiro atoms. The maximum atomic E-state index is 13.2. The molecule has 0 saturated carbocycles. The molecule has 6 heteroatoms. The summed E-state index contributed by atoms with van der Waals surface area (Å²) >= 11 is 0. The number of nitrogens with zero attached hydrogens (tertiary/aromatic N) is 2. The van der Waals surface area contributed by atoms with Crippen LogP contribution >= 0.6 is 0 Å². The zero-order chi connectivity index (χ0) is 17.9. The second-order valence-corrected chi connectivity index (χ2v) is 5.82. The molecule has 2 aromatic carbocycles. The lowest BCUT2D eigenvalue weighted by Crippen LogP contribution is -2.11. The van der Waals surface area contributed by atoms with E-state index in [1.165, 1.54) is 12.1 Å². The topological polar surface area (TPSA) is 43.8 Å². The molecule has 3 nitrogen and oxygen atoms in total. The highest BCUT2D eigenvalue weighted by Crippen LogP contribution is 2.32. The molecule has 2 N–H and O–H groups in total. The van der Waals surface area contributed by atoms with Crippen LogP contribution in [0.3, 0.4) is 0 Å². The number of imidazole rings is 1. The van der Waals surface area contributed by atoms with Crippen LogP contribution in [0.5, 0.6) is 0 Å². The van der Waals surface area contributed by atoms with Crippen LogP contribution in [-0.4, -0.2) is 9.55 Å². The molecule has 0 amide bonds. The normalized spacial score (nSPS) is 11.7. The molecule has 0 aliphatic carbocycles. The van der Waals surface area contributed by atoms with Crippen LogP contribution in [0.15, 0.2) is 60.9 Å². The number of halogens is 3. The minimum Gasteiger partial charge on any atom is -0.330 e. The predicted molar refractivity (Wildman–Crippen MR) is 89.9 cm³/mol. The van der Waals surface area contributed by atoms with Gasteiger partial charge in [-0.2, -0.15) is 13.2 Å². The number of nitrogens with two attached hydrogens (primary N) is 1. The van der Waals surface area contributed by atoms with Gasteiger partial charge in [-0.15, -0.1) is 0 Å². The number of rotatable bonds is 5. The number of hydrogen-bond acceptors (Lipinski definition) is 2. The number of hydrogen-bond donors (Lipinski definition) is 1. The molecule has 0 radical (unpaired) electrons. The van der Waals surface area contributed by atoms with Crippen molar-refractivity contribution < 1.29 is 13.2 Å². The second-order valence-electron chi connectivity index (χ2n) is 5.82. The fraction of sp³-hybridized carbons (Fsp3) is 0.211. The van der Waals surface area contributed by atoms with Crippen molar-refractivity contribution >= 4 is 0 Å². The van der Waals surface area contributed by atoms with Crippen LogP contribution in [0.1, 0.15) is 28.1 Å². The van der Waals surface area contributed by atoms with Crippen LogP contribution in [0, 0.1) is 0 Å². The van der Waals surface area contributed by atoms with Gasteiger partial charge in [0.05, 0.1) is 5.56 Å². The fourth-order valence-electron chi connectivity index (χ4n) is 2.75. The molecule has 0 fully saturated rings. The third-order valence-electron chi connectivity index (χ3n) is 4.08. The minimum absolute atomic E-state index is 0.129. The molecule has 0 aliphatic rings. The summed E-state index contributed by atoms with van der Waals surface area (Å²) in [5, 5.41) is 0. The number of benzene rings is 2. The molecule has 3 rings (SSSR count). The molecule has 0 aliphatic heterocycles. The van der Waals surface area contributed by atoms with Gasteiger partial charge in [0.2, 0.25) is 0 Å². The largest absolute Gasteiger partial charge is 0.416 e. The molecule has 3 aromatic rings. The van der Waals surface area contributed by atoms with Crippen LogP contribution < -0.4 is 5.73 Å². The van der Waals surface area contributed by atoms with E-state index in [4.69, 9.17) is 5.73 Å². The van der Waals surface area contributed by atoms with Crippen LogP contribution in [0.25, 0.3) is 0 Å². The van der Waals surface area contributed by atoms with Crippen molar-refractivity contribution in [3.8, 4) is 0 Å². The van der Waals surface area contributed by atoms with Gasteiger partial charge in [0, 0.05) is 31.9 Å². The van der Waals surface area contributed by atoms with E-state index in [1.807, 2.05) is 28.8 Å². The van der Waals surface area contributed by atoms with E-state index < -0.39 is 11.7 Å². The predicted octanol–water partition coefficient (Wildman–Crippen LogP) is 4.00. The summed E-state index contributed by atoms with van der Waals surface area (Å²) in [6.45, 7) is 1.03. The van der Waals surface area contributed by atoms with Gasteiger partial charge in [-0.1, -0.05) is 42.5 Å². The van der Waals surface area contributed by atoms with Gasteiger partial charge >= 0.3 is 6.18 Å². The van der Waals surface area contributed by atoms with Crippen LogP contribution in [0.2, 0.25) is 0 Å². The Kier molecular flexibility index (Phi) is 4.90. The van der Waals surface area contributed by atoms with Crippen LogP contribution in [-0.2, 0) is 25.7 Å². The maximum Gasteiger partial charge on any atom is 0.416 e. The molecule has 0 bridgehead atoms. The van der Waals surface area contributed by atoms with Gasteiger partial charge in [-0.25, -0.2) is 4.98 Å². The summed E-state index contributed by atoms with van der Waals surface area (Å²) in [4.78, 5) is 4.24. The first kappa shape index (κ1) is 17.2. The SMILES string of the molecule is NCc1ccc(Cn2ccnc2Cc2ccccc2C(F)(F)F)cc1. The second kappa shape index (κ2) is 7.11. The molecule has 25 heavy (non-hydrogen) atoms. The van der Waals surface area contributed by atoms with E-state index in [-0.39, 0.29) is 12.0 Å². The molecule has 130 valence electrons. The van der Waals surface area contributed by atoms with Gasteiger partial charge < -0.3 is 10.3 Å². The standard InChI is InChI=1S/C19H18F3N3/c20-19(21,22)17-4-2-1-3-16(17)11-18-24-9-10-25(18)13-15-7-5-14(12-23)6-8-15/h1-10H,11-13,23H2. The molecule has 0 atom stereocenters. The van der Waals surface area contributed by atoms with Gasteiger partial charge in [-0.05, 0) is 22.8 Å². The number of aromatic nitrogens is 2. The van der Waals surface area contributed by atoms with Crippen molar-refractivity contribution in [2.45, 2.75) is 25.7 Å². The quantitative estimate of drug-likeness (QED) is 0.760. The Balaban J connectivity index is 1.83. The summed E-state index contributed by atoms with van der Waals surface area (Å²) < 4.78 is 41.3. The molecule has 0 unspecified atom stereocenters. The van der Waals surface area contributed by atoms with Crippen molar-refractivity contribution in [3.05, 3.63) is 89.0 Å². The summed E-state index contributed by atoms with van der Waals surface area (Å²) in [6.07, 6.45) is -0.849. The molecular formula is C19H18F3N3. The molecule has 1 aromatic heterocycles. The van der Waals surface area contributed by atoms with E-state index in [0.717, 1.165) is 17.2 Å². The van der Waals surface area contributed by atoms with E-state index in [1.54, 1.807) is 18.5 Å². The highest BCUT2D eigenvalue weighted by Gasteiger charge is 2.33. The van der Waals surface area contributed by atoms with Gasteiger partial charge in [0.1, 0.15) is 5.82 Å². The molecule has 1 heterocycles. The average molecular weight is 345 g/mol. The van der Waals surface area contributed by atoms with Gasteiger partial charge in [0.15, 0.2) is 0 Å². The lowest BCUT2D eigenvalue weighted by Gasteiger charge is -2.13. The van der Waals surface area contributed by atoms with E-state index in [9.17, 15) is 13.2 Å². The number of alkyl halides is 3. The third kappa shape index (κ3) is 4.09. The van der Waals surface area contributed by atoms with Crippen molar-refractivity contribution in [1.82, 2.24) is 9.55 Å². The Hall–Kier alpha value is -2.60. The van der Waals surface area contributed by atoms with E-state index >= 15 is 0 Å². The molecule has 0 saturated heterocycles.